The second-order valence-electron chi connectivity index (χ2n) is 14.4. The fourth-order valence-electron chi connectivity index (χ4n) is 5.85. The van der Waals surface area contributed by atoms with E-state index in [1.165, 1.54) is 6.20 Å². The van der Waals surface area contributed by atoms with E-state index in [1.54, 1.807) is 22.9 Å². The summed E-state index contributed by atoms with van der Waals surface area (Å²) in [5.74, 6) is -1.62. The van der Waals surface area contributed by atoms with E-state index in [2.05, 4.69) is 46.1 Å². The summed E-state index contributed by atoms with van der Waals surface area (Å²) in [4.78, 5) is 9.04. The largest absolute Gasteiger partial charge is 0.490 e. The average Bonchev–Trinajstić information content (AvgIpc) is 3.68. The van der Waals surface area contributed by atoms with Crippen molar-refractivity contribution in [3.05, 3.63) is 83.9 Å². The maximum Gasteiger partial charge on any atom is 0.289 e. The number of aliphatic imine (C=N–C) groups is 1. The van der Waals surface area contributed by atoms with E-state index in [1.807, 2.05) is 50.1 Å². The monoisotopic (exact) mass is 727 g/mol. The predicted molar refractivity (Wildman–Crippen MR) is 198 cm³/mol. The summed E-state index contributed by atoms with van der Waals surface area (Å²) < 4.78 is 58.6. The Labute approximate surface area is 302 Å². The van der Waals surface area contributed by atoms with Gasteiger partial charge in [0.05, 0.1) is 36.4 Å². The van der Waals surface area contributed by atoms with Gasteiger partial charge in [-0.1, -0.05) is 25.7 Å². The summed E-state index contributed by atoms with van der Waals surface area (Å²) in [5.41, 5.74) is 3.38. The molecule has 11 nitrogen and oxygen atoms in total. The predicted octanol–water partition coefficient (Wildman–Crippen LogP) is 8.14. The molecule has 3 aromatic heterocycles. The van der Waals surface area contributed by atoms with Gasteiger partial charge in [0.2, 0.25) is 0 Å². The molecule has 1 atom stereocenters. The van der Waals surface area contributed by atoms with Gasteiger partial charge in [0.25, 0.3) is 6.02 Å². The molecule has 14 heteroatoms. The molecule has 0 bridgehead atoms. The van der Waals surface area contributed by atoms with Crippen LogP contribution in [0.3, 0.4) is 0 Å². The molecular formula is C38H43F2N7O4Si. The fourth-order valence-corrected chi connectivity index (χ4v) is 6.61. The molecule has 0 radical (unpaired) electrons. The summed E-state index contributed by atoms with van der Waals surface area (Å²) in [7, 11) is 0.541. The second kappa shape index (κ2) is 15.5. The van der Waals surface area contributed by atoms with Gasteiger partial charge in [-0.2, -0.15) is 10.4 Å². The quantitative estimate of drug-likeness (QED) is 0.0954. The van der Waals surface area contributed by atoms with E-state index >= 15 is 8.78 Å². The number of aromatic nitrogens is 4. The number of nitrogens with zero attached hydrogens (tertiary/aromatic N) is 6. The second-order valence-corrected chi connectivity index (χ2v) is 20.0. The molecule has 5 aromatic rings. The van der Waals surface area contributed by atoms with Crippen LogP contribution in [0.1, 0.15) is 25.0 Å². The lowest BCUT2D eigenvalue weighted by atomic mass is 10.0. The number of nitrogens with one attached hydrogen (secondary N) is 1. The molecule has 272 valence electrons. The van der Waals surface area contributed by atoms with Gasteiger partial charge in [0.1, 0.15) is 29.9 Å². The molecule has 0 saturated heterocycles. The van der Waals surface area contributed by atoms with Crippen molar-refractivity contribution in [2.75, 3.05) is 25.1 Å². The topological polar surface area (TPSA) is 121 Å². The fraction of sp³-hybridized carbons (Fsp3) is 0.368. The Hall–Kier alpha value is -5.26. The number of hydrogen-bond donors (Lipinski definition) is 1. The lowest BCUT2D eigenvalue weighted by Gasteiger charge is -2.22. The van der Waals surface area contributed by atoms with Crippen LogP contribution in [0.5, 0.6) is 17.2 Å². The molecule has 0 unspecified atom stereocenters. The van der Waals surface area contributed by atoms with Crippen molar-refractivity contribution in [2.45, 2.75) is 58.8 Å². The Morgan fingerprint density at radius 3 is 2.54 bits per heavy atom. The van der Waals surface area contributed by atoms with Crippen LogP contribution in [-0.4, -0.2) is 59.3 Å². The van der Waals surface area contributed by atoms with Gasteiger partial charge in [0.15, 0.2) is 17.4 Å². The van der Waals surface area contributed by atoms with Gasteiger partial charge in [-0.3, -0.25) is 4.68 Å². The van der Waals surface area contributed by atoms with E-state index in [0.29, 0.717) is 53.2 Å². The molecule has 1 N–H and O–H groups in total. The Bertz CT molecular complexity index is 2110. The van der Waals surface area contributed by atoms with Crippen molar-refractivity contribution in [1.29, 1.82) is 5.26 Å². The van der Waals surface area contributed by atoms with Crippen LogP contribution >= 0.6 is 0 Å². The van der Waals surface area contributed by atoms with Crippen molar-refractivity contribution in [2.24, 2.45) is 18.0 Å². The number of rotatable bonds is 13. The first-order valence-electron chi connectivity index (χ1n) is 17.2. The highest BCUT2D eigenvalue weighted by atomic mass is 28.3. The van der Waals surface area contributed by atoms with E-state index in [9.17, 15) is 5.26 Å². The maximum atomic E-state index is 15.7. The lowest BCUT2D eigenvalue weighted by molar-refractivity contribution is 0.0899. The van der Waals surface area contributed by atoms with Crippen molar-refractivity contribution in [3.8, 4) is 34.4 Å². The highest BCUT2D eigenvalue weighted by Crippen LogP contribution is 2.41. The van der Waals surface area contributed by atoms with E-state index in [0.717, 1.165) is 30.2 Å². The number of aryl methyl sites for hydroxylation is 1. The van der Waals surface area contributed by atoms with Crippen molar-refractivity contribution < 1.29 is 27.7 Å². The highest BCUT2D eigenvalue weighted by molar-refractivity contribution is 6.76. The number of benzene rings is 2. The molecule has 0 aliphatic carbocycles. The summed E-state index contributed by atoms with van der Waals surface area (Å²) in [6.45, 7) is 12.3. The number of halogens is 2. The van der Waals surface area contributed by atoms with Gasteiger partial charge in [0, 0.05) is 69.6 Å². The molecule has 0 saturated carbocycles. The highest BCUT2D eigenvalue weighted by Gasteiger charge is 2.23. The molecule has 6 rings (SSSR count). The smallest absolute Gasteiger partial charge is 0.289 e. The number of fused-ring (bicyclic) bond motifs is 1. The maximum absolute atomic E-state index is 15.7. The average molecular weight is 728 g/mol. The standard InChI is InChI=1S/C38H43F2N7O4Si/c1-24(2)50-33-8-7-27(14-28(33)17-41)30-21-47(23-48-11-12-52(4,5)6)37-35(30)34(9-10-42-37)51-36-31(39)15-29(16-32(36)40)45-38-43-18-26(22-49-38)13-25-19-44-46(3)20-25/h7-10,14-16,19-21,24,26H,11-13,18,22-23H2,1-6H3,(H,43,45)/t26-/m1/s1. The first-order valence-corrected chi connectivity index (χ1v) is 20.9. The number of nitriles is 1. The normalized spacial score (nSPS) is 14.6. The van der Waals surface area contributed by atoms with E-state index < -0.39 is 25.5 Å². The van der Waals surface area contributed by atoms with Crippen LogP contribution in [0.25, 0.3) is 22.2 Å². The van der Waals surface area contributed by atoms with Crippen LogP contribution in [0, 0.1) is 28.9 Å². The van der Waals surface area contributed by atoms with Crippen molar-refractivity contribution in [3.63, 3.8) is 0 Å². The molecule has 4 heterocycles. The van der Waals surface area contributed by atoms with Gasteiger partial charge in [-0.15, -0.1) is 0 Å². The zero-order chi connectivity index (χ0) is 37.0. The Kier molecular flexibility index (Phi) is 10.9. The van der Waals surface area contributed by atoms with Crippen molar-refractivity contribution in [1.82, 2.24) is 19.3 Å². The molecule has 52 heavy (non-hydrogen) atoms. The van der Waals surface area contributed by atoms with Crippen LogP contribution in [0.4, 0.5) is 14.5 Å². The van der Waals surface area contributed by atoms with Crippen LogP contribution < -0.4 is 14.8 Å². The number of anilines is 1. The zero-order valence-electron chi connectivity index (χ0n) is 30.2. The minimum absolute atomic E-state index is 0.123. The number of hydrogen-bond acceptors (Lipinski definition) is 9. The first kappa shape index (κ1) is 36.5. The number of ether oxygens (including phenoxy) is 4. The third-order valence-electron chi connectivity index (χ3n) is 8.41. The molecular weight excluding hydrogens is 685 g/mol. The summed E-state index contributed by atoms with van der Waals surface area (Å²) in [5, 5.41) is 17.5. The molecule has 0 fully saturated rings. The number of amidine groups is 1. The summed E-state index contributed by atoms with van der Waals surface area (Å²) in [6.07, 6.45) is 7.78. The SMILES string of the molecule is CC(C)Oc1ccc(-c2cn(COCC[Si](C)(C)C)c3nccc(Oc4c(F)cc(NC5=NC[C@@H](Cc6cnn(C)c6)CO5)cc4F)c23)cc1C#N. The minimum Gasteiger partial charge on any atom is -0.490 e. The Morgan fingerprint density at radius 2 is 1.88 bits per heavy atom. The number of pyridine rings is 1. The third-order valence-corrected chi connectivity index (χ3v) is 10.1. The summed E-state index contributed by atoms with van der Waals surface area (Å²) >= 11 is 0. The Balaban J connectivity index is 1.27. The molecule has 0 spiro atoms. The van der Waals surface area contributed by atoms with E-state index in [-0.39, 0.29) is 36.2 Å². The molecule has 0 amide bonds. The lowest BCUT2D eigenvalue weighted by Crippen LogP contribution is -2.29. The van der Waals surface area contributed by atoms with Gasteiger partial charge >= 0.3 is 0 Å². The van der Waals surface area contributed by atoms with Gasteiger partial charge in [-0.05, 0) is 55.6 Å². The molecule has 2 aromatic carbocycles. The van der Waals surface area contributed by atoms with Crippen LogP contribution in [0.15, 0.2) is 66.2 Å². The van der Waals surface area contributed by atoms with Crippen LogP contribution in [0.2, 0.25) is 25.7 Å². The van der Waals surface area contributed by atoms with Gasteiger partial charge < -0.3 is 28.8 Å². The molecule has 1 aliphatic heterocycles. The van der Waals surface area contributed by atoms with E-state index in [4.69, 9.17) is 18.9 Å². The third kappa shape index (κ3) is 8.78. The first-order chi connectivity index (χ1) is 24.9. The van der Waals surface area contributed by atoms with Gasteiger partial charge in [-0.25, -0.2) is 18.8 Å². The molecule has 1 aliphatic rings. The van der Waals surface area contributed by atoms with Crippen molar-refractivity contribution >= 4 is 30.8 Å². The van der Waals surface area contributed by atoms with Crippen LogP contribution in [-0.2, 0) is 29.7 Å². The Morgan fingerprint density at radius 1 is 1.10 bits per heavy atom. The summed E-state index contributed by atoms with van der Waals surface area (Å²) in [6, 6.07) is 12.5. The zero-order valence-corrected chi connectivity index (χ0v) is 31.2. The minimum atomic E-state index is -1.32.